The van der Waals surface area contributed by atoms with Gasteiger partial charge in [-0.25, -0.2) is 14.5 Å². The van der Waals surface area contributed by atoms with Crippen molar-refractivity contribution in [1.29, 1.82) is 0 Å². The molecule has 1 aromatic heterocycles. The van der Waals surface area contributed by atoms with Crippen molar-refractivity contribution in [3.8, 4) is 0 Å². The van der Waals surface area contributed by atoms with Crippen LogP contribution in [0.2, 0.25) is 10.0 Å². The van der Waals surface area contributed by atoms with E-state index in [9.17, 15) is 23.7 Å². The molecule has 0 radical (unpaired) electrons. The molecule has 2 aromatic rings. The molecule has 1 heterocycles. The number of aromatic nitrogens is 3. The van der Waals surface area contributed by atoms with Gasteiger partial charge in [0.05, 0.1) is 10.0 Å². The molecular weight excluding hydrogens is 429 g/mol. The molecule has 0 bridgehead atoms. The van der Waals surface area contributed by atoms with E-state index >= 15 is 0 Å². The number of benzene rings is 1. The second kappa shape index (κ2) is 8.20. The van der Waals surface area contributed by atoms with Crippen molar-refractivity contribution >= 4 is 51.7 Å². The molecule has 0 aliphatic heterocycles. The van der Waals surface area contributed by atoms with E-state index in [0.29, 0.717) is 6.42 Å². The van der Waals surface area contributed by atoms with Gasteiger partial charge in [-0.3, -0.25) is 14.4 Å². The van der Waals surface area contributed by atoms with Crippen LogP contribution >= 0.6 is 23.2 Å². The molecule has 1 aliphatic rings. The van der Waals surface area contributed by atoms with Crippen molar-refractivity contribution in [2.24, 2.45) is 13.0 Å². The number of halogens is 2. The van der Waals surface area contributed by atoms with E-state index in [1.54, 1.807) is 0 Å². The molecule has 1 aliphatic carbocycles. The number of nitrogens with one attached hydrogen (secondary N) is 1. The number of nitrogens with zero attached hydrogens (tertiary/aromatic N) is 2. The standard InChI is InChI=1S/C17H15Cl2N3O5S/c1-22-16(26)20-21-17(22)28(27)7-9-10(18)6-5-8(14(9)19)15(25)13-11(23)3-2-4-12(13)24/h5-6,13H,2-4,7H2,1H3,(H,20,26). The molecule has 28 heavy (non-hydrogen) atoms. The van der Waals surface area contributed by atoms with E-state index < -0.39 is 40.1 Å². The Morgan fingerprint density at radius 3 is 2.50 bits per heavy atom. The second-order valence-corrected chi connectivity index (χ2v) is 8.46. The molecule has 8 nitrogen and oxygen atoms in total. The van der Waals surface area contributed by atoms with Gasteiger partial charge in [0.15, 0.2) is 17.3 Å². The first-order valence-electron chi connectivity index (χ1n) is 8.28. The van der Waals surface area contributed by atoms with E-state index in [4.69, 9.17) is 23.2 Å². The number of aromatic amines is 1. The summed E-state index contributed by atoms with van der Waals surface area (Å²) < 4.78 is 13.7. The summed E-state index contributed by atoms with van der Waals surface area (Å²) in [5.74, 6) is -3.11. The number of H-pyrrole nitrogens is 1. The highest BCUT2D eigenvalue weighted by molar-refractivity contribution is 7.90. The van der Waals surface area contributed by atoms with E-state index in [1.165, 1.54) is 19.2 Å². The van der Waals surface area contributed by atoms with Crippen LogP contribution in [-0.2, 0) is 33.6 Å². The summed E-state index contributed by atoms with van der Waals surface area (Å²) in [7, 11) is 1.41. The summed E-state index contributed by atoms with van der Waals surface area (Å²) in [5, 5.41) is 5.97. The molecule has 3 rings (SSSR count). The fourth-order valence-corrected chi connectivity index (χ4v) is 4.99. The minimum Gasteiger partial charge on any atom is -0.609 e. The van der Waals surface area contributed by atoms with Crippen LogP contribution in [0.4, 0.5) is 0 Å². The van der Waals surface area contributed by atoms with Gasteiger partial charge in [0.1, 0.15) is 11.7 Å². The van der Waals surface area contributed by atoms with Crippen LogP contribution in [0.15, 0.2) is 22.1 Å². The summed E-state index contributed by atoms with van der Waals surface area (Å²) in [6, 6.07) is 2.74. The largest absolute Gasteiger partial charge is 0.609 e. The zero-order valence-corrected chi connectivity index (χ0v) is 17.0. The Hall–Kier alpha value is -1.94. The van der Waals surface area contributed by atoms with Gasteiger partial charge in [0.25, 0.3) is 0 Å². The van der Waals surface area contributed by atoms with E-state index in [-0.39, 0.29) is 44.9 Å². The van der Waals surface area contributed by atoms with E-state index in [1.807, 2.05) is 0 Å². The van der Waals surface area contributed by atoms with Crippen LogP contribution in [0.3, 0.4) is 0 Å². The fourth-order valence-electron chi connectivity index (χ4n) is 3.01. The molecule has 0 saturated heterocycles. The highest BCUT2D eigenvalue weighted by atomic mass is 35.5. The monoisotopic (exact) mass is 443 g/mol. The minimum atomic E-state index is -1.78. The molecule has 0 amide bonds. The molecule has 1 atom stereocenters. The first kappa shape index (κ1) is 20.8. The molecule has 1 unspecified atom stereocenters. The van der Waals surface area contributed by atoms with Crippen molar-refractivity contribution < 1.29 is 18.9 Å². The Balaban J connectivity index is 1.95. The number of ketones is 3. The fraction of sp³-hybridized carbons (Fsp3) is 0.353. The van der Waals surface area contributed by atoms with E-state index in [2.05, 4.69) is 10.2 Å². The number of carbonyl (C=O) groups excluding carboxylic acids is 3. The normalized spacial score (nSPS) is 16.4. The average molecular weight is 444 g/mol. The van der Waals surface area contributed by atoms with Gasteiger partial charge in [-0.05, 0) is 18.6 Å². The second-order valence-electron chi connectivity index (χ2n) is 6.33. The number of Topliss-reactive ketones (excluding diaryl/α,β-unsaturated/α-hetero) is 3. The number of rotatable bonds is 5. The molecule has 1 saturated carbocycles. The predicted molar refractivity (Wildman–Crippen MR) is 102 cm³/mol. The SMILES string of the molecule is Cn1c([S+]([O-])Cc2c(Cl)ccc(C(=O)C3C(=O)CCCC3=O)c2Cl)n[nH]c1=O. The average Bonchev–Trinajstić information content (AvgIpc) is 2.97. The maximum atomic E-state index is 12.8. The van der Waals surface area contributed by atoms with Gasteiger partial charge < -0.3 is 4.55 Å². The van der Waals surface area contributed by atoms with Gasteiger partial charge in [-0.15, -0.1) is 5.10 Å². The molecule has 1 aromatic carbocycles. The van der Waals surface area contributed by atoms with Crippen molar-refractivity contribution in [2.75, 3.05) is 0 Å². The van der Waals surface area contributed by atoms with Gasteiger partial charge in [0.2, 0.25) is 0 Å². The van der Waals surface area contributed by atoms with Gasteiger partial charge in [-0.2, -0.15) is 0 Å². The van der Waals surface area contributed by atoms with Crippen LogP contribution in [0.5, 0.6) is 0 Å². The van der Waals surface area contributed by atoms with E-state index in [0.717, 1.165) is 4.57 Å². The number of hydrogen-bond donors (Lipinski definition) is 1. The lowest BCUT2D eigenvalue weighted by molar-refractivity contribution is -0.133. The summed E-state index contributed by atoms with van der Waals surface area (Å²) >= 11 is 10.7. The topological polar surface area (TPSA) is 125 Å². The van der Waals surface area contributed by atoms with Crippen molar-refractivity contribution in [1.82, 2.24) is 14.8 Å². The molecule has 0 spiro atoms. The zero-order chi connectivity index (χ0) is 20.6. The number of carbonyl (C=O) groups is 3. The Labute approximate surface area is 172 Å². The molecular formula is C17H15Cl2N3O5S. The minimum absolute atomic E-state index is 0.00787. The lowest BCUT2D eigenvalue weighted by Crippen LogP contribution is -2.35. The Bertz CT molecular complexity index is 1020. The highest BCUT2D eigenvalue weighted by Gasteiger charge is 2.38. The van der Waals surface area contributed by atoms with Crippen LogP contribution in [0, 0.1) is 5.92 Å². The summed E-state index contributed by atoms with van der Waals surface area (Å²) in [6.07, 6.45) is 0.761. The van der Waals surface area contributed by atoms with Crippen LogP contribution < -0.4 is 5.69 Å². The summed E-state index contributed by atoms with van der Waals surface area (Å²) in [6.45, 7) is 0. The lowest BCUT2D eigenvalue weighted by Gasteiger charge is -2.19. The van der Waals surface area contributed by atoms with Crippen LogP contribution in [-0.4, -0.2) is 36.7 Å². The third kappa shape index (κ3) is 3.80. The first-order valence-corrected chi connectivity index (χ1v) is 10.4. The maximum Gasteiger partial charge on any atom is 0.346 e. The Morgan fingerprint density at radius 2 is 1.93 bits per heavy atom. The molecule has 1 N–H and O–H groups in total. The molecule has 11 heteroatoms. The maximum absolute atomic E-state index is 12.8. The van der Waals surface area contributed by atoms with Crippen molar-refractivity contribution in [3.63, 3.8) is 0 Å². The van der Waals surface area contributed by atoms with Gasteiger partial charge in [0, 0.05) is 42.2 Å². The Kier molecular flexibility index (Phi) is 6.09. The smallest absolute Gasteiger partial charge is 0.346 e. The molecule has 148 valence electrons. The van der Waals surface area contributed by atoms with Crippen molar-refractivity contribution in [2.45, 2.75) is 30.2 Å². The van der Waals surface area contributed by atoms with Crippen molar-refractivity contribution in [3.05, 3.63) is 43.8 Å². The first-order chi connectivity index (χ1) is 13.2. The third-order valence-electron chi connectivity index (χ3n) is 4.52. The summed E-state index contributed by atoms with van der Waals surface area (Å²) in [4.78, 5) is 48.4. The highest BCUT2D eigenvalue weighted by Crippen LogP contribution is 2.33. The lowest BCUT2D eigenvalue weighted by atomic mass is 9.81. The van der Waals surface area contributed by atoms with Crippen LogP contribution in [0.25, 0.3) is 0 Å². The van der Waals surface area contributed by atoms with Gasteiger partial charge >= 0.3 is 10.8 Å². The zero-order valence-electron chi connectivity index (χ0n) is 14.7. The van der Waals surface area contributed by atoms with Gasteiger partial charge in [-0.1, -0.05) is 23.2 Å². The quantitative estimate of drug-likeness (QED) is 0.426. The number of hydrogen-bond acceptors (Lipinski definition) is 6. The third-order valence-corrected chi connectivity index (χ3v) is 6.63. The Morgan fingerprint density at radius 1 is 1.29 bits per heavy atom. The predicted octanol–water partition coefficient (Wildman–Crippen LogP) is 1.84. The molecule has 1 fully saturated rings. The van der Waals surface area contributed by atoms with Crippen LogP contribution in [0.1, 0.15) is 35.2 Å². The summed E-state index contributed by atoms with van der Waals surface area (Å²) in [5.41, 5.74) is -0.347.